The Kier molecular flexibility index (Phi) is 9.09. The van der Waals surface area contributed by atoms with Crippen LogP contribution in [0.15, 0.2) is 60.9 Å². The van der Waals surface area contributed by atoms with Gasteiger partial charge in [0.1, 0.15) is 11.9 Å². The molecule has 3 atom stereocenters. The van der Waals surface area contributed by atoms with Crippen LogP contribution in [0.5, 0.6) is 17.2 Å². The molecule has 5 rings (SSSR count). The fourth-order valence-corrected chi connectivity index (χ4v) is 5.16. The number of aliphatic hydroxyl groups excluding tert-OH is 1. The van der Waals surface area contributed by atoms with Crippen molar-refractivity contribution in [3.8, 4) is 17.2 Å². The molecule has 0 unspecified atom stereocenters. The van der Waals surface area contributed by atoms with E-state index in [9.17, 15) is 14.7 Å². The highest BCUT2D eigenvalue weighted by Gasteiger charge is 2.31. The first kappa shape index (κ1) is 29.2. The zero-order valence-electron chi connectivity index (χ0n) is 24.1. The number of urea groups is 1. The molecule has 2 aliphatic heterocycles. The fraction of sp³-hybridized carbons (Fsp3) is 0.387. The van der Waals surface area contributed by atoms with Crippen molar-refractivity contribution in [3.05, 3.63) is 72.1 Å². The normalized spacial score (nSPS) is 18.8. The lowest BCUT2D eigenvalue weighted by molar-refractivity contribution is -0.134. The Labute approximate surface area is 245 Å². The molecule has 3 heterocycles. The number of aromatic nitrogens is 1. The first-order chi connectivity index (χ1) is 20.3. The number of aliphatic hydroxyl groups is 1. The smallest absolute Gasteiger partial charge is 0.323 e. The maximum absolute atomic E-state index is 13.5. The summed E-state index contributed by atoms with van der Waals surface area (Å²) in [4.78, 5) is 34.3. The van der Waals surface area contributed by atoms with Crippen molar-refractivity contribution in [2.45, 2.75) is 39.0 Å². The number of benzene rings is 2. The molecule has 0 saturated carbocycles. The number of amides is 3. The summed E-state index contributed by atoms with van der Waals surface area (Å²) in [5, 5.41) is 15.5. The number of nitrogens with zero attached hydrogens (tertiary/aromatic N) is 3. The summed E-state index contributed by atoms with van der Waals surface area (Å²) >= 11 is 0. The Morgan fingerprint density at radius 3 is 2.50 bits per heavy atom. The predicted molar refractivity (Wildman–Crippen MR) is 158 cm³/mol. The first-order valence-electron chi connectivity index (χ1n) is 14.0. The van der Waals surface area contributed by atoms with Gasteiger partial charge in [-0.25, -0.2) is 4.79 Å². The van der Waals surface area contributed by atoms with Crippen LogP contribution < -0.4 is 24.8 Å². The van der Waals surface area contributed by atoms with Gasteiger partial charge in [-0.1, -0.05) is 6.92 Å². The largest absolute Gasteiger partial charge is 0.488 e. The van der Waals surface area contributed by atoms with E-state index < -0.39 is 6.03 Å². The van der Waals surface area contributed by atoms with E-state index in [0.717, 1.165) is 12.1 Å². The second-order valence-corrected chi connectivity index (χ2v) is 10.9. The minimum atomic E-state index is -0.441. The van der Waals surface area contributed by atoms with Crippen LogP contribution in [0.4, 0.5) is 16.2 Å². The third-order valence-electron chi connectivity index (χ3n) is 7.50. The number of carbonyl (C=O) groups is 2. The number of fused-ring (bicyclic) bond motifs is 2. The molecule has 42 heavy (non-hydrogen) atoms. The van der Waals surface area contributed by atoms with E-state index in [2.05, 4.69) is 27.4 Å². The number of carbonyl (C=O) groups excluding carboxylic acids is 2. The second-order valence-electron chi connectivity index (χ2n) is 10.9. The molecule has 2 aliphatic rings. The van der Waals surface area contributed by atoms with Crippen LogP contribution in [0.2, 0.25) is 0 Å². The molecule has 3 N–H and O–H groups in total. The molecule has 3 aromatic rings. The zero-order chi connectivity index (χ0) is 29.6. The van der Waals surface area contributed by atoms with Gasteiger partial charge in [-0.05, 0) is 62.0 Å². The lowest BCUT2D eigenvalue weighted by atomic mass is 10.0. The number of nitrogens with one attached hydrogen (secondary N) is 2. The summed E-state index contributed by atoms with van der Waals surface area (Å²) in [5.41, 5.74) is 2.87. The fourth-order valence-electron chi connectivity index (χ4n) is 5.16. The molecule has 11 nitrogen and oxygen atoms in total. The Balaban J connectivity index is 1.34. The van der Waals surface area contributed by atoms with E-state index >= 15 is 0 Å². The standard InChI is InChI=1S/C31H37N5O6/c1-20-15-36(21(2)18-37)30(38)13-23-12-24(33-31(39)34-25-5-7-27-28(14-25)41-19-40-27)4-6-26(23)42-29(20)17-35(3)16-22-8-10-32-11-9-22/h4-12,14,20-21,29,37H,13,15-19H2,1-3H3,(H2,33,34,39)/t20-,21+,29-/m1/s1. The number of rotatable bonds is 8. The lowest BCUT2D eigenvalue weighted by Gasteiger charge is -2.34. The van der Waals surface area contributed by atoms with Gasteiger partial charge in [0.25, 0.3) is 0 Å². The second kappa shape index (κ2) is 13.1. The number of likely N-dealkylation sites (N-methyl/N-ethyl adjacent to an activating group) is 1. The molecule has 11 heteroatoms. The van der Waals surface area contributed by atoms with Crippen molar-refractivity contribution in [1.82, 2.24) is 14.8 Å². The SMILES string of the molecule is C[C@@H]1CN([C@@H](C)CO)C(=O)Cc2cc(NC(=O)Nc3ccc4c(c3)OCO4)ccc2O[C@@H]1CN(C)Cc1ccncc1. The molecule has 2 aromatic carbocycles. The topological polar surface area (TPSA) is 125 Å². The van der Waals surface area contributed by atoms with Crippen molar-refractivity contribution in [2.24, 2.45) is 5.92 Å². The zero-order valence-corrected chi connectivity index (χ0v) is 24.1. The predicted octanol–water partition coefficient (Wildman–Crippen LogP) is 3.74. The number of hydrogen-bond donors (Lipinski definition) is 3. The van der Waals surface area contributed by atoms with E-state index in [4.69, 9.17) is 14.2 Å². The number of anilines is 2. The van der Waals surface area contributed by atoms with Crippen LogP contribution >= 0.6 is 0 Å². The molecule has 0 fully saturated rings. The van der Waals surface area contributed by atoms with Crippen LogP contribution in [0, 0.1) is 5.92 Å². The van der Waals surface area contributed by atoms with Crippen LogP contribution in [-0.2, 0) is 17.8 Å². The maximum atomic E-state index is 13.5. The van der Waals surface area contributed by atoms with Crippen molar-refractivity contribution in [1.29, 1.82) is 0 Å². The van der Waals surface area contributed by atoms with Crippen molar-refractivity contribution < 1.29 is 28.9 Å². The number of pyridine rings is 1. The van der Waals surface area contributed by atoms with E-state index in [1.165, 1.54) is 0 Å². The highest BCUT2D eigenvalue weighted by atomic mass is 16.7. The van der Waals surface area contributed by atoms with Gasteiger partial charge in [0.2, 0.25) is 12.7 Å². The molecule has 0 bridgehead atoms. The third-order valence-corrected chi connectivity index (χ3v) is 7.50. The Hall–Kier alpha value is -4.35. The summed E-state index contributed by atoms with van der Waals surface area (Å²) in [6.45, 7) is 5.71. The Morgan fingerprint density at radius 2 is 1.76 bits per heavy atom. The first-order valence-corrected chi connectivity index (χ1v) is 14.0. The molecule has 0 spiro atoms. The van der Waals surface area contributed by atoms with Gasteiger partial charge in [-0.15, -0.1) is 0 Å². The lowest BCUT2D eigenvalue weighted by Crippen LogP contribution is -2.47. The average Bonchev–Trinajstić information content (AvgIpc) is 3.45. The highest BCUT2D eigenvalue weighted by Crippen LogP contribution is 2.34. The minimum Gasteiger partial charge on any atom is -0.488 e. The van der Waals surface area contributed by atoms with Crippen molar-refractivity contribution in [3.63, 3.8) is 0 Å². The van der Waals surface area contributed by atoms with E-state index in [1.54, 1.807) is 53.7 Å². The quantitative estimate of drug-likeness (QED) is 0.371. The Bertz CT molecular complexity index is 1400. The molecular weight excluding hydrogens is 538 g/mol. The van der Waals surface area contributed by atoms with Crippen molar-refractivity contribution >= 4 is 23.3 Å². The van der Waals surface area contributed by atoms with E-state index in [0.29, 0.717) is 47.3 Å². The summed E-state index contributed by atoms with van der Waals surface area (Å²) in [7, 11) is 2.04. The summed E-state index contributed by atoms with van der Waals surface area (Å²) in [6, 6.07) is 13.7. The van der Waals surface area contributed by atoms with Gasteiger partial charge in [-0.2, -0.15) is 0 Å². The van der Waals surface area contributed by atoms with Gasteiger partial charge in [0, 0.05) is 61.0 Å². The summed E-state index contributed by atoms with van der Waals surface area (Å²) in [6.07, 6.45) is 3.40. The van der Waals surface area contributed by atoms with Gasteiger partial charge < -0.3 is 34.9 Å². The molecular formula is C31H37N5O6. The van der Waals surface area contributed by atoms with Crippen molar-refractivity contribution in [2.75, 3.05) is 44.2 Å². The van der Waals surface area contributed by atoms with Crippen LogP contribution in [0.1, 0.15) is 25.0 Å². The molecule has 3 amide bonds. The summed E-state index contributed by atoms with van der Waals surface area (Å²) < 4.78 is 17.3. The monoisotopic (exact) mass is 575 g/mol. The number of hydrogen-bond acceptors (Lipinski definition) is 8. The van der Waals surface area contributed by atoms with Gasteiger partial charge in [0.05, 0.1) is 19.1 Å². The third kappa shape index (κ3) is 7.10. The minimum absolute atomic E-state index is 0.0148. The van der Waals surface area contributed by atoms with Gasteiger partial charge in [-0.3, -0.25) is 14.7 Å². The Morgan fingerprint density at radius 1 is 1.07 bits per heavy atom. The average molecular weight is 576 g/mol. The van der Waals surface area contributed by atoms with Gasteiger partial charge >= 0.3 is 6.03 Å². The number of ether oxygens (including phenoxy) is 3. The highest BCUT2D eigenvalue weighted by molar-refractivity contribution is 6.00. The van der Waals surface area contributed by atoms with Crippen LogP contribution in [0.3, 0.4) is 0 Å². The van der Waals surface area contributed by atoms with Gasteiger partial charge in [0.15, 0.2) is 11.5 Å². The van der Waals surface area contributed by atoms with E-state index in [-0.39, 0.29) is 43.8 Å². The van der Waals surface area contributed by atoms with Crippen LogP contribution in [-0.4, -0.2) is 77.5 Å². The molecule has 222 valence electrons. The molecule has 0 aliphatic carbocycles. The van der Waals surface area contributed by atoms with E-state index in [1.807, 2.05) is 26.1 Å². The maximum Gasteiger partial charge on any atom is 0.323 e. The van der Waals surface area contributed by atoms with Crippen LogP contribution in [0.25, 0.3) is 0 Å². The molecule has 0 saturated heterocycles. The molecule has 1 aromatic heterocycles. The summed E-state index contributed by atoms with van der Waals surface area (Å²) in [5.74, 6) is 1.67. The molecule has 0 radical (unpaired) electrons.